The van der Waals surface area contributed by atoms with Crippen LogP contribution >= 0.6 is 11.6 Å². The second-order valence-corrected chi connectivity index (χ2v) is 9.75. The molecular formula is C19H26ClN3O5S. The van der Waals surface area contributed by atoms with Gasteiger partial charge in [0.1, 0.15) is 4.90 Å². The van der Waals surface area contributed by atoms with Crippen molar-refractivity contribution in [2.24, 2.45) is 5.92 Å². The van der Waals surface area contributed by atoms with Crippen LogP contribution in [0.4, 0.5) is 0 Å². The maximum atomic E-state index is 13.0. The van der Waals surface area contributed by atoms with Gasteiger partial charge >= 0.3 is 0 Å². The van der Waals surface area contributed by atoms with Gasteiger partial charge in [0, 0.05) is 50.7 Å². The van der Waals surface area contributed by atoms with Crippen LogP contribution in [0.25, 0.3) is 0 Å². The minimum atomic E-state index is -3.81. The minimum Gasteiger partial charge on any atom is -0.379 e. The molecule has 10 heteroatoms. The van der Waals surface area contributed by atoms with E-state index < -0.39 is 10.0 Å². The number of carbonyl (C=O) groups is 2. The summed E-state index contributed by atoms with van der Waals surface area (Å²) in [4.78, 5) is 28.4. The lowest BCUT2D eigenvalue weighted by Gasteiger charge is -2.35. The first-order valence-electron chi connectivity index (χ1n) is 9.67. The van der Waals surface area contributed by atoms with Crippen LogP contribution in [0.15, 0.2) is 23.1 Å². The molecule has 2 heterocycles. The van der Waals surface area contributed by atoms with Gasteiger partial charge in [0.15, 0.2) is 0 Å². The Morgan fingerprint density at radius 1 is 1.00 bits per heavy atom. The lowest BCUT2D eigenvalue weighted by atomic mass is 10.1. The third-order valence-electron chi connectivity index (χ3n) is 5.14. The molecule has 1 aromatic carbocycles. The molecule has 3 rings (SSSR count). The van der Waals surface area contributed by atoms with Crippen LogP contribution in [0.2, 0.25) is 5.02 Å². The Hall–Kier alpha value is -1.68. The molecule has 2 aliphatic heterocycles. The molecule has 8 nitrogen and oxygen atoms in total. The van der Waals surface area contributed by atoms with Crippen molar-refractivity contribution in [2.45, 2.75) is 18.7 Å². The number of ether oxygens (including phenoxy) is 1. The molecule has 29 heavy (non-hydrogen) atoms. The van der Waals surface area contributed by atoms with Gasteiger partial charge < -0.3 is 14.5 Å². The molecule has 0 saturated carbocycles. The van der Waals surface area contributed by atoms with Crippen LogP contribution in [0.5, 0.6) is 0 Å². The third kappa shape index (κ3) is 4.74. The summed E-state index contributed by atoms with van der Waals surface area (Å²) in [5.41, 5.74) is 0.268. The number of halogens is 1. The fourth-order valence-electron chi connectivity index (χ4n) is 3.44. The Bertz CT molecular complexity index is 876. The number of morpholine rings is 1. The van der Waals surface area contributed by atoms with Gasteiger partial charge in [-0.3, -0.25) is 9.59 Å². The molecule has 2 amide bonds. The molecule has 2 saturated heterocycles. The second kappa shape index (κ2) is 8.99. The predicted octanol–water partition coefficient (Wildman–Crippen LogP) is 1.30. The zero-order valence-corrected chi connectivity index (χ0v) is 18.2. The SMILES string of the molecule is CC(C)C(=O)N1CCN(C(=O)c2ccc(Cl)c(S(=O)(=O)N3CCOCC3)c2)CC1. The summed E-state index contributed by atoms with van der Waals surface area (Å²) in [6, 6.07) is 4.33. The topological polar surface area (TPSA) is 87.2 Å². The van der Waals surface area contributed by atoms with E-state index in [1.165, 1.54) is 22.5 Å². The molecule has 0 atom stereocenters. The van der Waals surface area contributed by atoms with E-state index >= 15 is 0 Å². The summed E-state index contributed by atoms with van der Waals surface area (Å²) < 4.78 is 32.5. The van der Waals surface area contributed by atoms with Crippen molar-refractivity contribution in [2.75, 3.05) is 52.5 Å². The average Bonchev–Trinajstić information content (AvgIpc) is 2.73. The highest BCUT2D eigenvalue weighted by Crippen LogP contribution is 2.27. The number of hydrogen-bond donors (Lipinski definition) is 0. The normalized spacial score (nSPS) is 18.9. The number of nitrogens with zero attached hydrogens (tertiary/aromatic N) is 3. The minimum absolute atomic E-state index is 0.0689. The Balaban J connectivity index is 1.76. The van der Waals surface area contributed by atoms with E-state index in [4.69, 9.17) is 16.3 Å². The van der Waals surface area contributed by atoms with Crippen molar-refractivity contribution < 1.29 is 22.7 Å². The van der Waals surface area contributed by atoms with Gasteiger partial charge in [-0.1, -0.05) is 25.4 Å². The van der Waals surface area contributed by atoms with Crippen LogP contribution < -0.4 is 0 Å². The molecule has 0 radical (unpaired) electrons. The molecule has 2 fully saturated rings. The van der Waals surface area contributed by atoms with Crippen molar-refractivity contribution in [1.29, 1.82) is 0 Å². The third-order valence-corrected chi connectivity index (χ3v) is 7.52. The molecule has 0 aromatic heterocycles. The lowest BCUT2D eigenvalue weighted by Crippen LogP contribution is -2.51. The van der Waals surface area contributed by atoms with Gasteiger partial charge in [-0.05, 0) is 18.2 Å². The first-order chi connectivity index (χ1) is 13.7. The van der Waals surface area contributed by atoms with Crippen molar-refractivity contribution in [3.8, 4) is 0 Å². The van der Waals surface area contributed by atoms with Crippen LogP contribution in [-0.2, 0) is 19.6 Å². The van der Waals surface area contributed by atoms with E-state index in [1.54, 1.807) is 9.80 Å². The molecule has 2 aliphatic rings. The first kappa shape index (κ1) is 22.0. The molecule has 0 bridgehead atoms. The van der Waals surface area contributed by atoms with E-state index in [9.17, 15) is 18.0 Å². The standard InChI is InChI=1S/C19H26ClN3O5S/c1-14(2)18(24)21-5-7-22(8-6-21)19(25)15-3-4-16(20)17(13-15)29(26,27)23-9-11-28-12-10-23/h3-4,13-14H,5-12H2,1-2H3. The monoisotopic (exact) mass is 443 g/mol. The fourth-order valence-corrected chi connectivity index (χ4v) is 5.35. The van der Waals surface area contributed by atoms with Gasteiger partial charge in [-0.2, -0.15) is 4.31 Å². The fraction of sp³-hybridized carbons (Fsp3) is 0.579. The Morgan fingerprint density at radius 2 is 1.59 bits per heavy atom. The number of sulfonamides is 1. The van der Waals surface area contributed by atoms with Gasteiger partial charge in [0.25, 0.3) is 5.91 Å². The van der Waals surface area contributed by atoms with Gasteiger partial charge in [-0.15, -0.1) is 0 Å². The highest BCUT2D eigenvalue weighted by molar-refractivity contribution is 7.89. The van der Waals surface area contributed by atoms with Crippen molar-refractivity contribution in [3.63, 3.8) is 0 Å². The molecule has 0 unspecified atom stereocenters. The highest BCUT2D eigenvalue weighted by Gasteiger charge is 2.31. The van der Waals surface area contributed by atoms with Crippen LogP contribution in [0, 0.1) is 5.92 Å². The number of piperazine rings is 1. The molecule has 160 valence electrons. The van der Waals surface area contributed by atoms with E-state index in [1.807, 2.05) is 13.8 Å². The Kier molecular flexibility index (Phi) is 6.83. The van der Waals surface area contributed by atoms with E-state index in [0.717, 1.165) is 0 Å². The maximum Gasteiger partial charge on any atom is 0.254 e. The molecule has 1 aromatic rings. The number of hydrogen-bond acceptors (Lipinski definition) is 5. The van der Waals surface area contributed by atoms with Crippen LogP contribution in [-0.4, -0.2) is 86.8 Å². The smallest absolute Gasteiger partial charge is 0.254 e. The zero-order valence-electron chi connectivity index (χ0n) is 16.6. The number of benzene rings is 1. The molecular weight excluding hydrogens is 418 g/mol. The summed E-state index contributed by atoms with van der Waals surface area (Å²) >= 11 is 6.17. The molecule has 0 spiro atoms. The van der Waals surface area contributed by atoms with Gasteiger partial charge in [-0.25, -0.2) is 8.42 Å². The predicted molar refractivity (Wildman–Crippen MR) is 108 cm³/mol. The summed E-state index contributed by atoms with van der Waals surface area (Å²) in [6.45, 7) is 6.62. The second-order valence-electron chi connectivity index (χ2n) is 7.43. The van der Waals surface area contributed by atoms with Crippen molar-refractivity contribution in [1.82, 2.24) is 14.1 Å². The number of rotatable bonds is 4. The van der Waals surface area contributed by atoms with E-state index in [0.29, 0.717) is 39.4 Å². The van der Waals surface area contributed by atoms with Crippen LogP contribution in [0.3, 0.4) is 0 Å². The first-order valence-corrected chi connectivity index (χ1v) is 11.5. The van der Waals surface area contributed by atoms with Gasteiger partial charge in [0.2, 0.25) is 15.9 Å². The summed E-state index contributed by atoms with van der Waals surface area (Å²) in [7, 11) is -3.81. The molecule has 0 N–H and O–H groups in total. The van der Waals surface area contributed by atoms with E-state index in [2.05, 4.69) is 0 Å². The van der Waals surface area contributed by atoms with Crippen molar-refractivity contribution >= 4 is 33.4 Å². The highest BCUT2D eigenvalue weighted by atomic mass is 35.5. The summed E-state index contributed by atoms with van der Waals surface area (Å²) in [5.74, 6) is -0.277. The summed E-state index contributed by atoms with van der Waals surface area (Å²) in [5, 5.41) is 0.0837. The molecule has 0 aliphatic carbocycles. The Labute approximate surface area is 176 Å². The summed E-state index contributed by atoms with van der Waals surface area (Å²) in [6.07, 6.45) is 0. The maximum absolute atomic E-state index is 13.0. The van der Waals surface area contributed by atoms with Crippen LogP contribution in [0.1, 0.15) is 24.2 Å². The zero-order chi connectivity index (χ0) is 21.2. The van der Waals surface area contributed by atoms with E-state index in [-0.39, 0.29) is 46.3 Å². The lowest BCUT2D eigenvalue weighted by molar-refractivity contribution is -0.135. The average molecular weight is 444 g/mol. The van der Waals surface area contributed by atoms with Gasteiger partial charge in [0.05, 0.1) is 18.2 Å². The number of carbonyl (C=O) groups excluding carboxylic acids is 2. The van der Waals surface area contributed by atoms with Crippen molar-refractivity contribution in [3.05, 3.63) is 28.8 Å². The largest absolute Gasteiger partial charge is 0.379 e. The Morgan fingerprint density at radius 3 is 2.17 bits per heavy atom. The number of amides is 2. The quantitative estimate of drug-likeness (QED) is 0.700.